The summed E-state index contributed by atoms with van der Waals surface area (Å²) in [5.41, 5.74) is 0.860. The van der Waals surface area contributed by atoms with Crippen molar-refractivity contribution in [3.05, 3.63) is 63.9 Å². The molecule has 0 unspecified atom stereocenters. The largest absolute Gasteiger partial charge is 0.460 e. The number of aromatic nitrogens is 2. The molecular formula is C14H10ClN2O2+. The second-order valence-corrected chi connectivity index (χ2v) is 4.55. The zero-order valence-corrected chi connectivity index (χ0v) is 10.6. The Morgan fingerprint density at radius 2 is 1.74 bits per heavy atom. The minimum absolute atomic E-state index is 0.217. The molecule has 0 fully saturated rings. The molecule has 1 heterocycles. The number of aromatic amines is 1. The summed E-state index contributed by atoms with van der Waals surface area (Å²) in [6, 6.07) is 13.5. The predicted molar refractivity (Wildman–Crippen MR) is 72.8 cm³/mol. The molecule has 0 aliphatic carbocycles. The van der Waals surface area contributed by atoms with Crippen LogP contribution in [0.2, 0.25) is 5.02 Å². The maximum Gasteiger partial charge on any atom is 0.460 e. The molecule has 1 aromatic heterocycles. The molecule has 5 heteroatoms. The van der Waals surface area contributed by atoms with Crippen LogP contribution in [0.3, 0.4) is 0 Å². The van der Waals surface area contributed by atoms with E-state index in [9.17, 15) is 9.90 Å². The lowest BCUT2D eigenvalue weighted by atomic mass is 10.2. The SMILES string of the molecule is O=c1c2ccccc2[nH+]c(O)n1-c1ccc(Cl)cc1. The quantitative estimate of drug-likeness (QED) is 0.739. The molecule has 2 aromatic carbocycles. The summed E-state index contributed by atoms with van der Waals surface area (Å²) in [6.45, 7) is 0. The summed E-state index contributed by atoms with van der Waals surface area (Å²) in [5.74, 6) is 0. The van der Waals surface area contributed by atoms with Gasteiger partial charge >= 0.3 is 11.6 Å². The van der Waals surface area contributed by atoms with Crippen molar-refractivity contribution in [3.63, 3.8) is 0 Å². The van der Waals surface area contributed by atoms with Crippen molar-refractivity contribution in [1.29, 1.82) is 0 Å². The molecule has 4 nitrogen and oxygen atoms in total. The Labute approximate surface area is 113 Å². The van der Waals surface area contributed by atoms with Crippen LogP contribution in [0.1, 0.15) is 0 Å². The molecule has 0 bridgehead atoms. The topological polar surface area (TPSA) is 56.4 Å². The Bertz CT molecular complexity index is 810. The average molecular weight is 274 g/mol. The van der Waals surface area contributed by atoms with Crippen molar-refractivity contribution in [2.45, 2.75) is 0 Å². The van der Waals surface area contributed by atoms with Crippen LogP contribution in [-0.2, 0) is 0 Å². The number of hydrogen-bond acceptors (Lipinski definition) is 2. The van der Waals surface area contributed by atoms with Crippen LogP contribution >= 0.6 is 11.6 Å². The van der Waals surface area contributed by atoms with Gasteiger partial charge in [-0.1, -0.05) is 23.7 Å². The number of nitrogens with one attached hydrogen (secondary N) is 1. The van der Waals surface area contributed by atoms with Crippen molar-refractivity contribution in [2.24, 2.45) is 0 Å². The third kappa shape index (κ3) is 1.96. The molecule has 0 saturated heterocycles. The molecule has 3 rings (SSSR count). The van der Waals surface area contributed by atoms with Gasteiger partial charge in [0.15, 0.2) is 0 Å². The Balaban J connectivity index is 2.35. The summed E-state index contributed by atoms with van der Waals surface area (Å²) in [4.78, 5) is 15.2. The molecule has 0 aliphatic rings. The van der Waals surface area contributed by atoms with Gasteiger partial charge in [0.25, 0.3) is 0 Å². The Morgan fingerprint density at radius 1 is 1.05 bits per heavy atom. The maximum atomic E-state index is 12.4. The van der Waals surface area contributed by atoms with Crippen LogP contribution in [0.25, 0.3) is 16.6 Å². The van der Waals surface area contributed by atoms with Crippen LogP contribution in [-0.4, -0.2) is 9.67 Å². The van der Waals surface area contributed by atoms with Crippen LogP contribution < -0.4 is 10.5 Å². The maximum absolute atomic E-state index is 12.4. The van der Waals surface area contributed by atoms with Gasteiger partial charge in [-0.05, 0) is 36.4 Å². The second kappa shape index (κ2) is 4.40. The van der Waals surface area contributed by atoms with E-state index < -0.39 is 0 Å². The number of H-pyrrole nitrogens is 1. The first kappa shape index (κ1) is 11.7. The van der Waals surface area contributed by atoms with E-state index in [0.29, 0.717) is 21.6 Å². The fourth-order valence-corrected chi connectivity index (χ4v) is 2.13. The van der Waals surface area contributed by atoms with Gasteiger partial charge in [0.2, 0.25) is 0 Å². The molecule has 2 N–H and O–H groups in total. The first-order chi connectivity index (χ1) is 9.16. The lowest BCUT2D eigenvalue weighted by Gasteiger charge is -2.02. The Kier molecular flexibility index (Phi) is 2.72. The van der Waals surface area contributed by atoms with Gasteiger partial charge in [-0.25, -0.2) is 9.78 Å². The number of para-hydroxylation sites is 1. The lowest BCUT2D eigenvalue weighted by molar-refractivity contribution is -0.370. The van der Waals surface area contributed by atoms with Crippen molar-refractivity contribution < 1.29 is 10.1 Å². The zero-order valence-electron chi connectivity index (χ0n) is 9.80. The number of benzene rings is 2. The summed E-state index contributed by atoms with van der Waals surface area (Å²) in [5, 5.41) is 11.1. The smallest absolute Gasteiger partial charge is 0.446 e. The second-order valence-electron chi connectivity index (χ2n) is 4.11. The third-order valence-electron chi connectivity index (χ3n) is 2.90. The van der Waals surface area contributed by atoms with Crippen LogP contribution in [0, 0.1) is 0 Å². The van der Waals surface area contributed by atoms with E-state index in [-0.39, 0.29) is 11.6 Å². The van der Waals surface area contributed by atoms with Gasteiger partial charge < -0.3 is 5.11 Å². The van der Waals surface area contributed by atoms with E-state index in [2.05, 4.69) is 4.98 Å². The molecule has 0 saturated carbocycles. The summed E-state index contributed by atoms with van der Waals surface area (Å²) >= 11 is 5.82. The lowest BCUT2D eigenvalue weighted by Crippen LogP contribution is -2.25. The minimum Gasteiger partial charge on any atom is -0.446 e. The molecule has 0 amide bonds. The fourth-order valence-electron chi connectivity index (χ4n) is 2.00. The van der Waals surface area contributed by atoms with Gasteiger partial charge in [-0.3, -0.25) is 0 Å². The Hall–Kier alpha value is -2.33. The van der Waals surface area contributed by atoms with E-state index >= 15 is 0 Å². The summed E-state index contributed by atoms with van der Waals surface area (Å²) < 4.78 is 1.21. The molecule has 0 spiro atoms. The van der Waals surface area contributed by atoms with Gasteiger partial charge in [-0.15, -0.1) is 4.57 Å². The number of nitrogens with zero attached hydrogens (tertiary/aromatic N) is 1. The number of halogens is 1. The molecule has 3 aromatic rings. The molecule has 94 valence electrons. The summed E-state index contributed by atoms with van der Waals surface area (Å²) in [6.07, 6.45) is 0. The van der Waals surface area contributed by atoms with Crippen LogP contribution in [0.4, 0.5) is 0 Å². The molecular weight excluding hydrogens is 264 g/mol. The summed E-state index contributed by atoms with van der Waals surface area (Å²) in [7, 11) is 0. The van der Waals surface area contributed by atoms with Gasteiger partial charge in [0.1, 0.15) is 16.6 Å². The highest BCUT2D eigenvalue weighted by atomic mass is 35.5. The van der Waals surface area contributed by atoms with Crippen molar-refractivity contribution in [3.8, 4) is 11.7 Å². The zero-order chi connectivity index (χ0) is 13.4. The predicted octanol–water partition coefficient (Wildman–Crippen LogP) is 2.16. The molecule has 0 aliphatic heterocycles. The van der Waals surface area contributed by atoms with Crippen LogP contribution in [0.15, 0.2) is 53.3 Å². The normalized spacial score (nSPS) is 10.8. The minimum atomic E-state index is -0.283. The van der Waals surface area contributed by atoms with E-state index in [1.165, 1.54) is 4.57 Å². The molecule has 0 radical (unpaired) electrons. The third-order valence-corrected chi connectivity index (χ3v) is 3.16. The van der Waals surface area contributed by atoms with Crippen molar-refractivity contribution >= 4 is 22.5 Å². The number of fused-ring (bicyclic) bond motifs is 1. The monoisotopic (exact) mass is 273 g/mol. The number of hydrogen-bond donors (Lipinski definition) is 1. The van der Waals surface area contributed by atoms with E-state index in [1.54, 1.807) is 48.5 Å². The standard InChI is InChI=1S/C14H9ClN2O2/c15-9-5-7-10(8-6-9)17-13(18)11-3-1-2-4-12(11)16-14(17)19/h1-8H,(H,16,19)/p+1. The van der Waals surface area contributed by atoms with Gasteiger partial charge in [0, 0.05) is 5.02 Å². The fraction of sp³-hybridized carbons (Fsp3) is 0. The van der Waals surface area contributed by atoms with Crippen molar-refractivity contribution in [2.75, 3.05) is 0 Å². The first-order valence-electron chi connectivity index (χ1n) is 5.69. The number of rotatable bonds is 1. The highest BCUT2D eigenvalue weighted by Gasteiger charge is 2.18. The average Bonchev–Trinajstić information content (AvgIpc) is 2.41. The molecule has 19 heavy (non-hydrogen) atoms. The first-order valence-corrected chi connectivity index (χ1v) is 6.06. The van der Waals surface area contributed by atoms with E-state index in [1.807, 2.05) is 0 Å². The van der Waals surface area contributed by atoms with E-state index in [0.717, 1.165) is 0 Å². The Morgan fingerprint density at radius 3 is 2.47 bits per heavy atom. The molecule has 0 atom stereocenters. The highest BCUT2D eigenvalue weighted by Crippen LogP contribution is 2.16. The van der Waals surface area contributed by atoms with Gasteiger partial charge in [0.05, 0.1) is 0 Å². The van der Waals surface area contributed by atoms with Gasteiger partial charge in [-0.2, -0.15) is 0 Å². The highest BCUT2D eigenvalue weighted by molar-refractivity contribution is 6.30. The van der Waals surface area contributed by atoms with Crippen molar-refractivity contribution in [1.82, 2.24) is 4.57 Å². The number of aromatic hydroxyl groups is 1. The van der Waals surface area contributed by atoms with E-state index in [4.69, 9.17) is 11.6 Å². The van der Waals surface area contributed by atoms with Crippen LogP contribution in [0.5, 0.6) is 6.01 Å².